The van der Waals surface area contributed by atoms with Crippen molar-refractivity contribution in [2.75, 3.05) is 7.11 Å². The lowest BCUT2D eigenvalue weighted by atomic mass is 10.2. The van der Waals surface area contributed by atoms with Crippen molar-refractivity contribution >= 4 is 16.7 Å². The molecule has 0 N–H and O–H groups in total. The summed E-state index contributed by atoms with van der Waals surface area (Å²) in [5.41, 5.74) is 0.911. The van der Waals surface area contributed by atoms with Crippen LogP contribution < -0.4 is 9.47 Å². The van der Waals surface area contributed by atoms with Crippen LogP contribution in [0, 0.1) is 0 Å². The van der Waals surface area contributed by atoms with E-state index in [1.54, 1.807) is 47.3 Å². The van der Waals surface area contributed by atoms with Gasteiger partial charge in [0.1, 0.15) is 23.6 Å². The van der Waals surface area contributed by atoms with Gasteiger partial charge in [-0.2, -0.15) is 13.2 Å². The van der Waals surface area contributed by atoms with E-state index in [1.165, 1.54) is 7.11 Å². The largest absolute Gasteiger partial charge is 0.495 e. The molecule has 5 heterocycles. The van der Waals surface area contributed by atoms with E-state index in [9.17, 15) is 13.2 Å². The second kappa shape index (κ2) is 7.48. The Balaban J connectivity index is 1.44. The van der Waals surface area contributed by atoms with Gasteiger partial charge in [-0.25, -0.2) is 4.98 Å². The highest BCUT2D eigenvalue weighted by Crippen LogP contribution is 2.32. The number of ether oxygens (including phenoxy) is 2. The average Bonchev–Trinajstić information content (AvgIpc) is 3.44. The van der Waals surface area contributed by atoms with Gasteiger partial charge in [-0.3, -0.25) is 9.38 Å². The molecule has 9 nitrogen and oxygen atoms in total. The Labute approximate surface area is 177 Å². The van der Waals surface area contributed by atoms with Crippen molar-refractivity contribution in [1.29, 1.82) is 0 Å². The SMILES string of the molecule is COc1cnc2c(OCc3nnc4ccc(-c5cc(C(F)(F)F)no5)cn34)ccnc2c1. The van der Waals surface area contributed by atoms with Crippen molar-refractivity contribution in [2.24, 2.45) is 0 Å². The zero-order chi connectivity index (χ0) is 22.3. The first kappa shape index (κ1) is 19.7. The molecule has 0 fully saturated rings. The monoisotopic (exact) mass is 442 g/mol. The molecule has 0 saturated heterocycles. The molecule has 0 aliphatic rings. The molecule has 0 radical (unpaired) electrons. The van der Waals surface area contributed by atoms with E-state index in [-0.39, 0.29) is 12.4 Å². The van der Waals surface area contributed by atoms with Crippen LogP contribution in [-0.4, -0.2) is 36.8 Å². The van der Waals surface area contributed by atoms with Gasteiger partial charge in [0.05, 0.1) is 18.8 Å². The van der Waals surface area contributed by atoms with Crippen LogP contribution in [0.25, 0.3) is 28.0 Å². The van der Waals surface area contributed by atoms with E-state index in [2.05, 4.69) is 25.3 Å². The molecule has 0 amide bonds. The fourth-order valence-corrected chi connectivity index (χ4v) is 3.08. The summed E-state index contributed by atoms with van der Waals surface area (Å²) in [4.78, 5) is 8.58. The third-order valence-corrected chi connectivity index (χ3v) is 4.67. The van der Waals surface area contributed by atoms with Crippen molar-refractivity contribution < 1.29 is 27.2 Å². The lowest BCUT2D eigenvalue weighted by Crippen LogP contribution is -2.04. The van der Waals surface area contributed by atoms with E-state index in [1.807, 2.05) is 0 Å². The van der Waals surface area contributed by atoms with Crippen molar-refractivity contribution in [3.8, 4) is 22.8 Å². The lowest BCUT2D eigenvalue weighted by Gasteiger charge is -2.08. The highest BCUT2D eigenvalue weighted by molar-refractivity contribution is 5.81. The number of alkyl halides is 3. The van der Waals surface area contributed by atoms with Gasteiger partial charge in [0.25, 0.3) is 0 Å². The maximum absolute atomic E-state index is 12.8. The lowest BCUT2D eigenvalue weighted by molar-refractivity contribution is -0.142. The van der Waals surface area contributed by atoms with Crippen LogP contribution in [0.5, 0.6) is 11.5 Å². The van der Waals surface area contributed by atoms with Crippen LogP contribution in [0.3, 0.4) is 0 Å². The number of hydrogen-bond donors (Lipinski definition) is 0. The highest BCUT2D eigenvalue weighted by atomic mass is 19.4. The number of aromatic nitrogens is 6. The minimum absolute atomic E-state index is 0.0294. The van der Waals surface area contributed by atoms with Crippen LogP contribution in [0.15, 0.2) is 53.4 Å². The van der Waals surface area contributed by atoms with Gasteiger partial charge in [-0.15, -0.1) is 10.2 Å². The molecule has 162 valence electrons. The van der Waals surface area contributed by atoms with Crippen molar-refractivity contribution in [3.05, 3.63) is 60.4 Å². The molecule has 0 aliphatic heterocycles. The Bertz CT molecular complexity index is 1430. The summed E-state index contributed by atoms with van der Waals surface area (Å²) in [7, 11) is 1.54. The van der Waals surface area contributed by atoms with Crippen LogP contribution in [0.4, 0.5) is 13.2 Å². The van der Waals surface area contributed by atoms with Crippen molar-refractivity contribution in [1.82, 2.24) is 29.7 Å². The zero-order valence-electron chi connectivity index (χ0n) is 16.4. The predicted molar refractivity (Wildman–Crippen MR) is 104 cm³/mol. The van der Waals surface area contributed by atoms with Gasteiger partial charge < -0.3 is 14.0 Å². The van der Waals surface area contributed by atoms with Gasteiger partial charge in [0.15, 0.2) is 22.9 Å². The molecule has 0 aliphatic carbocycles. The zero-order valence-corrected chi connectivity index (χ0v) is 16.4. The smallest absolute Gasteiger partial charge is 0.436 e. The van der Waals surface area contributed by atoms with E-state index in [0.29, 0.717) is 39.6 Å². The standard InChI is InChI=1S/C20H13F3N6O3/c1-30-12-6-13-19(25-8-12)14(4-5-24-13)31-10-18-27-26-17-3-2-11(9-29(17)18)15-7-16(28-32-15)20(21,22)23/h2-9H,10H2,1H3. The number of fused-ring (bicyclic) bond motifs is 2. The Morgan fingerprint density at radius 1 is 1.09 bits per heavy atom. The number of halogens is 3. The van der Waals surface area contributed by atoms with Crippen LogP contribution in [0.2, 0.25) is 0 Å². The van der Waals surface area contributed by atoms with Gasteiger partial charge >= 0.3 is 6.18 Å². The normalized spacial score (nSPS) is 11.9. The summed E-state index contributed by atoms with van der Waals surface area (Å²) in [6, 6.07) is 7.43. The first-order valence-electron chi connectivity index (χ1n) is 9.22. The van der Waals surface area contributed by atoms with Crippen LogP contribution in [0.1, 0.15) is 11.5 Å². The number of nitrogens with zero attached hydrogens (tertiary/aromatic N) is 6. The molecular formula is C20H13F3N6O3. The Hall–Kier alpha value is -4.22. The minimum atomic E-state index is -4.59. The molecule has 32 heavy (non-hydrogen) atoms. The van der Waals surface area contributed by atoms with E-state index < -0.39 is 11.9 Å². The second-order valence-electron chi connectivity index (χ2n) is 6.68. The molecule has 0 bridgehead atoms. The highest BCUT2D eigenvalue weighted by Gasteiger charge is 2.35. The fourth-order valence-electron chi connectivity index (χ4n) is 3.08. The quantitative estimate of drug-likeness (QED) is 0.404. The van der Waals surface area contributed by atoms with Crippen LogP contribution in [-0.2, 0) is 12.8 Å². The second-order valence-corrected chi connectivity index (χ2v) is 6.68. The van der Waals surface area contributed by atoms with Gasteiger partial charge in [-0.05, 0) is 12.1 Å². The molecule has 0 spiro atoms. The maximum Gasteiger partial charge on any atom is 0.436 e. The van der Waals surface area contributed by atoms with E-state index in [0.717, 1.165) is 6.07 Å². The number of pyridine rings is 3. The Morgan fingerprint density at radius 3 is 2.75 bits per heavy atom. The predicted octanol–water partition coefficient (Wildman–Crippen LogP) is 3.93. The van der Waals surface area contributed by atoms with Crippen molar-refractivity contribution in [3.63, 3.8) is 0 Å². The fraction of sp³-hybridized carbons (Fsp3) is 0.150. The molecular weight excluding hydrogens is 429 g/mol. The summed E-state index contributed by atoms with van der Waals surface area (Å²) in [5.74, 6) is 1.45. The third kappa shape index (κ3) is 3.55. The molecule has 0 saturated carbocycles. The molecule has 0 unspecified atom stereocenters. The first-order chi connectivity index (χ1) is 15.4. The van der Waals surface area contributed by atoms with Gasteiger partial charge in [-0.1, -0.05) is 5.16 Å². The van der Waals surface area contributed by atoms with Crippen LogP contribution >= 0.6 is 0 Å². The summed E-state index contributed by atoms with van der Waals surface area (Å²) in [6.07, 6.45) is 0.110. The Morgan fingerprint density at radius 2 is 1.97 bits per heavy atom. The summed E-state index contributed by atoms with van der Waals surface area (Å²) in [6.45, 7) is 0.0294. The third-order valence-electron chi connectivity index (χ3n) is 4.67. The number of rotatable bonds is 5. The van der Waals surface area contributed by atoms with Gasteiger partial charge in [0, 0.05) is 36.2 Å². The van der Waals surface area contributed by atoms with Crippen molar-refractivity contribution in [2.45, 2.75) is 12.8 Å². The topological polar surface area (TPSA) is 100 Å². The molecule has 0 aromatic carbocycles. The maximum atomic E-state index is 12.8. The van der Waals surface area contributed by atoms with E-state index >= 15 is 0 Å². The Kier molecular flexibility index (Phi) is 4.61. The molecule has 0 atom stereocenters. The first-order valence-corrected chi connectivity index (χ1v) is 9.22. The summed E-state index contributed by atoms with van der Waals surface area (Å²) < 4.78 is 56.0. The minimum Gasteiger partial charge on any atom is -0.495 e. The average molecular weight is 442 g/mol. The number of methoxy groups -OCH3 is 1. The molecule has 12 heteroatoms. The molecule has 5 rings (SSSR count). The number of hydrogen-bond acceptors (Lipinski definition) is 8. The summed E-state index contributed by atoms with van der Waals surface area (Å²) in [5, 5.41) is 11.2. The van der Waals surface area contributed by atoms with E-state index in [4.69, 9.17) is 14.0 Å². The molecule has 5 aromatic rings. The summed E-state index contributed by atoms with van der Waals surface area (Å²) >= 11 is 0. The molecule has 5 aromatic heterocycles. The van der Waals surface area contributed by atoms with Gasteiger partial charge in [0.2, 0.25) is 0 Å².